The summed E-state index contributed by atoms with van der Waals surface area (Å²) in [4.78, 5) is 14.0. The van der Waals surface area contributed by atoms with Gasteiger partial charge in [0.25, 0.3) is 10.0 Å². The fraction of sp³-hybridized carbons (Fsp3) is 0.208. The van der Waals surface area contributed by atoms with Crippen LogP contribution in [-0.2, 0) is 14.8 Å². The predicted molar refractivity (Wildman–Crippen MR) is 130 cm³/mol. The van der Waals surface area contributed by atoms with Crippen LogP contribution < -0.4 is 14.4 Å². The number of ether oxygens (including phenoxy) is 1. The molecule has 1 N–H and O–H groups in total. The Labute approximate surface area is 193 Å². The average Bonchev–Trinajstić information content (AvgIpc) is 2.80. The Morgan fingerprint density at radius 3 is 2.25 bits per heavy atom. The minimum absolute atomic E-state index is 0.114. The van der Waals surface area contributed by atoms with Gasteiger partial charge < -0.3 is 10.1 Å². The molecule has 0 fully saturated rings. The third-order valence-corrected chi connectivity index (χ3v) is 7.26. The van der Waals surface area contributed by atoms with Crippen LogP contribution in [0.3, 0.4) is 0 Å². The van der Waals surface area contributed by atoms with Crippen molar-refractivity contribution < 1.29 is 17.9 Å². The van der Waals surface area contributed by atoms with E-state index in [0.29, 0.717) is 23.7 Å². The number of rotatable bonds is 10. The van der Waals surface area contributed by atoms with Gasteiger partial charge in [-0.3, -0.25) is 9.10 Å². The number of hydrogen-bond acceptors (Lipinski definition) is 5. The largest absolute Gasteiger partial charge is 0.494 e. The summed E-state index contributed by atoms with van der Waals surface area (Å²) < 4.78 is 33.4. The Balaban J connectivity index is 1.91. The molecule has 0 saturated carbocycles. The first-order valence-electron chi connectivity index (χ1n) is 10.3. The molecule has 0 heterocycles. The van der Waals surface area contributed by atoms with Crippen molar-refractivity contribution in [1.29, 1.82) is 0 Å². The summed E-state index contributed by atoms with van der Waals surface area (Å²) in [6.07, 6.45) is 0. The van der Waals surface area contributed by atoms with E-state index in [-0.39, 0.29) is 11.4 Å². The van der Waals surface area contributed by atoms with Crippen molar-refractivity contribution in [2.75, 3.05) is 28.5 Å². The molecule has 168 valence electrons. The molecule has 8 heteroatoms. The zero-order valence-corrected chi connectivity index (χ0v) is 19.7. The molecule has 0 aromatic heterocycles. The maximum atomic E-state index is 13.4. The topological polar surface area (TPSA) is 75.7 Å². The Morgan fingerprint density at radius 2 is 1.59 bits per heavy atom. The SMILES string of the molecule is CCOc1ccc(N(CC(=O)Nc2ccccc2SCC)S(=O)(=O)c2ccccc2)cc1. The quantitative estimate of drug-likeness (QED) is 0.421. The van der Waals surface area contributed by atoms with Gasteiger partial charge in [0.05, 0.1) is 22.9 Å². The fourth-order valence-corrected chi connectivity index (χ4v) is 5.28. The summed E-state index contributed by atoms with van der Waals surface area (Å²) in [6.45, 7) is 4.04. The van der Waals surface area contributed by atoms with Crippen LogP contribution in [-0.4, -0.2) is 33.2 Å². The molecule has 0 spiro atoms. The first-order valence-corrected chi connectivity index (χ1v) is 12.7. The van der Waals surface area contributed by atoms with Crippen LogP contribution in [0.15, 0.2) is 88.7 Å². The number of anilines is 2. The van der Waals surface area contributed by atoms with Gasteiger partial charge in [0, 0.05) is 4.90 Å². The highest BCUT2D eigenvalue weighted by Gasteiger charge is 2.27. The standard InChI is InChI=1S/C24H26N2O4S2/c1-3-30-20-16-14-19(15-17-20)26(32(28,29)21-10-6-5-7-11-21)18-24(27)25-22-12-8-9-13-23(22)31-4-2/h5-17H,3-4,18H2,1-2H3,(H,25,27). The first kappa shape index (κ1) is 23.7. The van der Waals surface area contributed by atoms with Crippen molar-refractivity contribution in [2.45, 2.75) is 23.6 Å². The van der Waals surface area contributed by atoms with E-state index in [1.165, 1.54) is 12.1 Å². The summed E-state index contributed by atoms with van der Waals surface area (Å²) in [5.41, 5.74) is 1.04. The number of carbonyl (C=O) groups is 1. The molecule has 3 aromatic rings. The van der Waals surface area contributed by atoms with Crippen LogP contribution in [0.1, 0.15) is 13.8 Å². The van der Waals surface area contributed by atoms with Gasteiger partial charge in [-0.1, -0.05) is 37.3 Å². The van der Waals surface area contributed by atoms with Gasteiger partial charge in [-0.15, -0.1) is 11.8 Å². The summed E-state index contributed by atoms with van der Waals surface area (Å²) in [5.74, 6) is 1.05. The van der Waals surface area contributed by atoms with Gasteiger partial charge in [0.1, 0.15) is 12.3 Å². The monoisotopic (exact) mass is 470 g/mol. The fourth-order valence-electron chi connectivity index (χ4n) is 3.08. The van der Waals surface area contributed by atoms with E-state index in [4.69, 9.17) is 4.74 Å². The molecule has 0 bridgehead atoms. The number of nitrogens with zero attached hydrogens (tertiary/aromatic N) is 1. The van der Waals surface area contributed by atoms with E-state index in [1.807, 2.05) is 38.1 Å². The zero-order valence-electron chi connectivity index (χ0n) is 18.0. The lowest BCUT2D eigenvalue weighted by Gasteiger charge is -2.24. The third-order valence-electron chi connectivity index (χ3n) is 4.52. The summed E-state index contributed by atoms with van der Waals surface area (Å²) >= 11 is 1.61. The number of nitrogens with one attached hydrogen (secondary N) is 1. The third kappa shape index (κ3) is 5.83. The maximum absolute atomic E-state index is 13.4. The van der Waals surface area contributed by atoms with Crippen molar-refractivity contribution in [3.8, 4) is 5.75 Å². The number of thioether (sulfide) groups is 1. The van der Waals surface area contributed by atoms with E-state index in [0.717, 1.165) is 15.0 Å². The molecule has 0 atom stereocenters. The highest BCUT2D eigenvalue weighted by Crippen LogP contribution is 2.28. The van der Waals surface area contributed by atoms with Crippen molar-refractivity contribution in [1.82, 2.24) is 0 Å². The molecule has 0 aliphatic heterocycles. The number of benzene rings is 3. The molecule has 32 heavy (non-hydrogen) atoms. The van der Waals surface area contributed by atoms with E-state index < -0.39 is 15.9 Å². The molecule has 0 aliphatic carbocycles. The Morgan fingerprint density at radius 1 is 0.938 bits per heavy atom. The van der Waals surface area contributed by atoms with Crippen molar-refractivity contribution in [3.05, 3.63) is 78.9 Å². The molecular weight excluding hydrogens is 444 g/mol. The highest BCUT2D eigenvalue weighted by molar-refractivity contribution is 7.99. The van der Waals surface area contributed by atoms with Crippen molar-refractivity contribution in [3.63, 3.8) is 0 Å². The summed E-state index contributed by atoms with van der Waals surface area (Å²) in [6, 6.07) is 22.2. The van der Waals surface area contributed by atoms with Gasteiger partial charge in [-0.05, 0) is 61.2 Å². The van der Waals surface area contributed by atoms with E-state index in [9.17, 15) is 13.2 Å². The molecule has 0 saturated heterocycles. The second-order valence-electron chi connectivity index (χ2n) is 6.73. The minimum atomic E-state index is -3.96. The predicted octanol–water partition coefficient (Wildman–Crippen LogP) is 5.03. The van der Waals surface area contributed by atoms with E-state index in [2.05, 4.69) is 5.32 Å². The molecule has 6 nitrogen and oxygen atoms in total. The lowest BCUT2D eigenvalue weighted by Crippen LogP contribution is -2.38. The summed E-state index contributed by atoms with van der Waals surface area (Å²) in [5, 5.41) is 2.86. The van der Waals surface area contributed by atoms with Crippen LogP contribution in [0.4, 0.5) is 11.4 Å². The first-order chi connectivity index (χ1) is 15.5. The molecule has 0 radical (unpaired) electrons. The molecule has 3 aromatic carbocycles. The van der Waals surface area contributed by atoms with Gasteiger partial charge in [0.2, 0.25) is 5.91 Å². The Hall–Kier alpha value is -2.97. The lowest BCUT2D eigenvalue weighted by molar-refractivity contribution is -0.114. The maximum Gasteiger partial charge on any atom is 0.264 e. The van der Waals surface area contributed by atoms with Crippen LogP contribution >= 0.6 is 11.8 Å². The van der Waals surface area contributed by atoms with Crippen LogP contribution in [0, 0.1) is 0 Å². The Kier molecular flexibility index (Phi) is 8.19. The van der Waals surface area contributed by atoms with Gasteiger partial charge in [-0.25, -0.2) is 8.42 Å². The minimum Gasteiger partial charge on any atom is -0.494 e. The molecular formula is C24H26N2O4S2. The Bertz CT molecular complexity index is 1130. The number of hydrogen-bond donors (Lipinski definition) is 1. The number of sulfonamides is 1. The van der Waals surface area contributed by atoms with Crippen LogP contribution in [0.2, 0.25) is 0 Å². The number of carbonyl (C=O) groups excluding carboxylic acids is 1. The van der Waals surface area contributed by atoms with Crippen molar-refractivity contribution in [2.24, 2.45) is 0 Å². The summed E-state index contributed by atoms with van der Waals surface area (Å²) in [7, 11) is -3.96. The molecule has 0 aliphatic rings. The number of para-hydroxylation sites is 1. The zero-order chi connectivity index (χ0) is 23.0. The number of amides is 1. The van der Waals surface area contributed by atoms with Gasteiger partial charge >= 0.3 is 0 Å². The van der Waals surface area contributed by atoms with E-state index >= 15 is 0 Å². The lowest BCUT2D eigenvalue weighted by atomic mass is 10.3. The highest BCUT2D eigenvalue weighted by atomic mass is 32.2. The molecule has 0 unspecified atom stereocenters. The molecule has 1 amide bonds. The van der Waals surface area contributed by atoms with Gasteiger partial charge in [0.15, 0.2) is 0 Å². The second kappa shape index (κ2) is 11.1. The normalized spacial score (nSPS) is 11.1. The van der Waals surface area contributed by atoms with Crippen molar-refractivity contribution >= 4 is 39.1 Å². The van der Waals surface area contributed by atoms with Crippen LogP contribution in [0.25, 0.3) is 0 Å². The van der Waals surface area contributed by atoms with E-state index in [1.54, 1.807) is 54.2 Å². The smallest absolute Gasteiger partial charge is 0.264 e. The van der Waals surface area contributed by atoms with Crippen LogP contribution in [0.5, 0.6) is 5.75 Å². The average molecular weight is 471 g/mol. The molecule has 3 rings (SSSR count). The second-order valence-corrected chi connectivity index (χ2v) is 9.90. The van der Waals surface area contributed by atoms with Gasteiger partial charge in [-0.2, -0.15) is 0 Å².